The van der Waals surface area contributed by atoms with E-state index in [9.17, 15) is 4.79 Å². The highest BCUT2D eigenvalue weighted by molar-refractivity contribution is 6.06. The third kappa shape index (κ3) is 2.00. The van der Waals surface area contributed by atoms with Crippen molar-refractivity contribution in [2.24, 2.45) is 0 Å². The Kier molecular flexibility index (Phi) is 2.81. The molecule has 0 bridgehead atoms. The Morgan fingerprint density at radius 2 is 2.31 bits per heavy atom. The van der Waals surface area contributed by atoms with E-state index in [1.54, 1.807) is 37.8 Å². The molecule has 82 valence electrons. The van der Waals surface area contributed by atoms with Crippen LogP contribution in [-0.4, -0.2) is 28.1 Å². The van der Waals surface area contributed by atoms with Crippen LogP contribution in [0.4, 0.5) is 11.4 Å². The number of nitrogens with one attached hydrogen (secondary N) is 3. The van der Waals surface area contributed by atoms with Crippen molar-refractivity contribution in [1.82, 2.24) is 15.2 Å². The Bertz CT molecular complexity index is 479. The van der Waals surface area contributed by atoms with Crippen molar-refractivity contribution >= 4 is 17.3 Å². The van der Waals surface area contributed by atoms with Crippen LogP contribution in [0.1, 0.15) is 10.5 Å². The Morgan fingerprint density at radius 1 is 1.44 bits per heavy atom. The molecular weight excluding hydrogens is 206 g/mol. The van der Waals surface area contributed by atoms with Crippen LogP contribution in [0.25, 0.3) is 0 Å². The molecule has 2 heterocycles. The number of carbonyl (C=O) groups excluding carboxylic acids is 1. The number of H-pyrrole nitrogens is 1. The molecule has 6 heteroatoms. The monoisotopic (exact) mass is 217 g/mol. The fraction of sp³-hybridized carbons (Fsp3) is 0.100. The predicted octanol–water partition coefficient (Wildman–Crippen LogP) is 1.10. The molecule has 3 N–H and O–H groups in total. The lowest BCUT2D eigenvalue weighted by Gasteiger charge is -2.04. The third-order valence-electron chi connectivity index (χ3n) is 2.06. The predicted molar refractivity (Wildman–Crippen MR) is 60.3 cm³/mol. The average molecular weight is 217 g/mol. The molecule has 0 spiro atoms. The number of rotatable bonds is 3. The number of aromatic nitrogens is 3. The first-order valence-corrected chi connectivity index (χ1v) is 4.74. The number of pyridine rings is 1. The first-order chi connectivity index (χ1) is 7.81. The third-order valence-corrected chi connectivity index (χ3v) is 2.06. The lowest BCUT2D eigenvalue weighted by atomic mass is 10.3. The molecule has 0 aliphatic rings. The van der Waals surface area contributed by atoms with Gasteiger partial charge in [0, 0.05) is 13.2 Å². The van der Waals surface area contributed by atoms with Crippen LogP contribution in [0.2, 0.25) is 0 Å². The molecule has 0 fully saturated rings. The number of hydrogen-bond donors (Lipinski definition) is 3. The van der Waals surface area contributed by atoms with Gasteiger partial charge in [-0.05, 0) is 12.1 Å². The summed E-state index contributed by atoms with van der Waals surface area (Å²) >= 11 is 0. The summed E-state index contributed by atoms with van der Waals surface area (Å²) in [6.45, 7) is 0. The van der Waals surface area contributed by atoms with Crippen molar-refractivity contribution in [3.63, 3.8) is 0 Å². The zero-order valence-electron chi connectivity index (χ0n) is 8.69. The Labute approximate surface area is 92.1 Å². The van der Waals surface area contributed by atoms with E-state index >= 15 is 0 Å². The van der Waals surface area contributed by atoms with Crippen molar-refractivity contribution in [1.29, 1.82) is 0 Å². The zero-order chi connectivity index (χ0) is 11.4. The number of hydrogen-bond acceptors (Lipinski definition) is 4. The number of aromatic amines is 1. The molecule has 0 saturated heterocycles. The van der Waals surface area contributed by atoms with Gasteiger partial charge in [-0.25, -0.2) is 0 Å². The van der Waals surface area contributed by atoms with Gasteiger partial charge in [-0.3, -0.25) is 14.9 Å². The highest BCUT2D eigenvalue weighted by Gasteiger charge is 2.12. The van der Waals surface area contributed by atoms with Crippen LogP contribution in [0.5, 0.6) is 0 Å². The van der Waals surface area contributed by atoms with Gasteiger partial charge in [-0.1, -0.05) is 0 Å². The quantitative estimate of drug-likeness (QED) is 0.719. The lowest BCUT2D eigenvalue weighted by Crippen LogP contribution is -2.14. The second-order valence-corrected chi connectivity index (χ2v) is 3.10. The van der Waals surface area contributed by atoms with E-state index in [1.807, 2.05) is 0 Å². The van der Waals surface area contributed by atoms with E-state index in [1.165, 1.54) is 0 Å². The topological polar surface area (TPSA) is 82.7 Å². The van der Waals surface area contributed by atoms with Gasteiger partial charge in [0.25, 0.3) is 5.91 Å². The maximum atomic E-state index is 11.8. The molecule has 16 heavy (non-hydrogen) atoms. The van der Waals surface area contributed by atoms with Crippen molar-refractivity contribution < 1.29 is 4.79 Å². The molecule has 0 unspecified atom stereocenters. The van der Waals surface area contributed by atoms with Crippen molar-refractivity contribution in [2.75, 3.05) is 17.7 Å². The van der Waals surface area contributed by atoms with Crippen LogP contribution in [0, 0.1) is 0 Å². The summed E-state index contributed by atoms with van der Waals surface area (Å²) < 4.78 is 0. The van der Waals surface area contributed by atoms with Crippen LogP contribution in [0.15, 0.2) is 30.7 Å². The first kappa shape index (κ1) is 10.2. The molecule has 0 aromatic carbocycles. The average Bonchev–Trinajstić information content (AvgIpc) is 2.78. The number of amides is 1. The highest BCUT2D eigenvalue weighted by Crippen LogP contribution is 2.12. The summed E-state index contributed by atoms with van der Waals surface area (Å²) in [7, 11) is 1.73. The minimum atomic E-state index is -0.255. The van der Waals surface area contributed by atoms with Crippen LogP contribution < -0.4 is 10.6 Å². The van der Waals surface area contributed by atoms with E-state index < -0.39 is 0 Å². The molecule has 0 atom stereocenters. The van der Waals surface area contributed by atoms with Gasteiger partial charge in [0.1, 0.15) is 5.69 Å². The van der Waals surface area contributed by atoms with Crippen molar-refractivity contribution in [2.45, 2.75) is 0 Å². The summed E-state index contributed by atoms with van der Waals surface area (Å²) in [5.41, 5.74) is 1.69. The second-order valence-electron chi connectivity index (χ2n) is 3.10. The molecule has 1 amide bonds. The van der Waals surface area contributed by atoms with Gasteiger partial charge in [-0.15, -0.1) is 0 Å². The standard InChI is InChI=1S/C10H11N5O/c1-11-8-6-13-15-9(8)10(16)14-7-3-2-4-12-5-7/h2-6,11H,1H3,(H,13,15)(H,14,16). The Hall–Kier alpha value is -2.37. The Balaban J connectivity index is 2.15. The van der Waals surface area contributed by atoms with Crippen molar-refractivity contribution in [3.05, 3.63) is 36.4 Å². The maximum Gasteiger partial charge on any atom is 0.275 e. The van der Waals surface area contributed by atoms with Gasteiger partial charge in [0.15, 0.2) is 0 Å². The zero-order valence-corrected chi connectivity index (χ0v) is 8.69. The Morgan fingerprint density at radius 3 is 3.00 bits per heavy atom. The summed E-state index contributed by atoms with van der Waals surface area (Å²) in [6.07, 6.45) is 4.77. The highest BCUT2D eigenvalue weighted by atomic mass is 16.2. The molecule has 0 aliphatic heterocycles. The van der Waals surface area contributed by atoms with E-state index in [-0.39, 0.29) is 5.91 Å². The van der Waals surface area contributed by atoms with E-state index in [0.717, 1.165) is 0 Å². The number of nitrogens with zero attached hydrogens (tertiary/aromatic N) is 2. The fourth-order valence-electron chi connectivity index (χ4n) is 1.28. The molecule has 0 radical (unpaired) electrons. The van der Waals surface area contributed by atoms with E-state index in [2.05, 4.69) is 25.8 Å². The summed E-state index contributed by atoms with van der Waals surface area (Å²) in [6, 6.07) is 3.52. The normalized spacial score (nSPS) is 9.81. The van der Waals surface area contributed by atoms with Gasteiger partial charge in [0.2, 0.25) is 0 Å². The van der Waals surface area contributed by atoms with Crippen LogP contribution >= 0.6 is 0 Å². The van der Waals surface area contributed by atoms with Crippen LogP contribution in [0.3, 0.4) is 0 Å². The number of anilines is 2. The minimum Gasteiger partial charge on any atom is -0.385 e. The van der Waals surface area contributed by atoms with Gasteiger partial charge in [-0.2, -0.15) is 5.10 Å². The van der Waals surface area contributed by atoms with E-state index in [4.69, 9.17) is 0 Å². The van der Waals surface area contributed by atoms with Gasteiger partial charge < -0.3 is 10.6 Å². The fourth-order valence-corrected chi connectivity index (χ4v) is 1.28. The molecule has 2 aromatic heterocycles. The minimum absolute atomic E-state index is 0.255. The molecular formula is C10H11N5O. The smallest absolute Gasteiger partial charge is 0.275 e. The second kappa shape index (κ2) is 4.43. The summed E-state index contributed by atoms with van der Waals surface area (Å²) in [5.74, 6) is -0.255. The SMILES string of the molecule is CNc1cn[nH]c1C(=O)Nc1cccnc1. The molecule has 6 nitrogen and oxygen atoms in total. The van der Waals surface area contributed by atoms with E-state index in [0.29, 0.717) is 17.1 Å². The maximum absolute atomic E-state index is 11.8. The summed E-state index contributed by atoms with van der Waals surface area (Å²) in [4.78, 5) is 15.7. The largest absolute Gasteiger partial charge is 0.385 e. The lowest BCUT2D eigenvalue weighted by molar-refractivity contribution is 0.102. The van der Waals surface area contributed by atoms with Gasteiger partial charge in [0.05, 0.1) is 23.8 Å². The number of carbonyl (C=O) groups is 1. The molecule has 0 aliphatic carbocycles. The molecule has 2 rings (SSSR count). The van der Waals surface area contributed by atoms with Crippen molar-refractivity contribution in [3.8, 4) is 0 Å². The molecule has 2 aromatic rings. The summed E-state index contributed by atoms with van der Waals surface area (Å²) in [5, 5.41) is 12.0. The molecule has 0 saturated carbocycles. The van der Waals surface area contributed by atoms with Crippen LogP contribution in [-0.2, 0) is 0 Å². The van der Waals surface area contributed by atoms with Gasteiger partial charge >= 0.3 is 0 Å². The first-order valence-electron chi connectivity index (χ1n) is 4.74.